The number of halogens is 1. The molecule has 1 heterocycles. The van der Waals surface area contributed by atoms with Gasteiger partial charge in [-0.2, -0.15) is 0 Å². The van der Waals surface area contributed by atoms with Crippen molar-refractivity contribution in [1.29, 1.82) is 0 Å². The van der Waals surface area contributed by atoms with E-state index in [2.05, 4.69) is 56.8 Å². The van der Waals surface area contributed by atoms with Crippen LogP contribution in [0.4, 0.5) is 5.95 Å². The summed E-state index contributed by atoms with van der Waals surface area (Å²) >= 11 is 3.39. The lowest BCUT2D eigenvalue weighted by atomic mass is 9.82. The zero-order valence-corrected chi connectivity index (χ0v) is 15.7. The Morgan fingerprint density at radius 1 is 1.05 bits per heavy atom. The number of hydrogen-bond acceptors (Lipinski definition) is 4. The van der Waals surface area contributed by atoms with E-state index in [0.717, 1.165) is 16.3 Å². The van der Waals surface area contributed by atoms with Crippen LogP contribution in [0.15, 0.2) is 16.9 Å². The first kappa shape index (κ1) is 17.7. The van der Waals surface area contributed by atoms with Gasteiger partial charge in [0.15, 0.2) is 0 Å². The van der Waals surface area contributed by atoms with Gasteiger partial charge in [0.05, 0.1) is 4.47 Å². The Hall–Kier alpha value is -0.680. The third kappa shape index (κ3) is 5.51. The quantitative estimate of drug-likeness (QED) is 0.681. The highest BCUT2D eigenvalue weighted by Gasteiger charge is 2.24. The van der Waals surface area contributed by atoms with Gasteiger partial charge < -0.3 is 9.80 Å². The lowest BCUT2D eigenvalue weighted by molar-refractivity contribution is 0.291. The van der Waals surface area contributed by atoms with Crippen molar-refractivity contribution in [1.82, 2.24) is 14.9 Å². The highest BCUT2D eigenvalue weighted by Crippen LogP contribution is 2.31. The summed E-state index contributed by atoms with van der Waals surface area (Å²) in [5.41, 5.74) is 0. The van der Waals surface area contributed by atoms with Gasteiger partial charge in [-0.1, -0.05) is 12.8 Å². The van der Waals surface area contributed by atoms with Crippen molar-refractivity contribution in [2.24, 2.45) is 5.92 Å². The van der Waals surface area contributed by atoms with Crippen LogP contribution in [0.25, 0.3) is 0 Å². The summed E-state index contributed by atoms with van der Waals surface area (Å²) in [6.07, 6.45) is 13.0. The molecular formula is C17H29BrN4. The average molecular weight is 369 g/mol. The van der Waals surface area contributed by atoms with Crippen LogP contribution in [0.2, 0.25) is 0 Å². The zero-order chi connectivity index (χ0) is 15.9. The van der Waals surface area contributed by atoms with Crippen LogP contribution in [-0.2, 0) is 0 Å². The Morgan fingerprint density at radius 2 is 1.68 bits per heavy atom. The number of hydrogen-bond donors (Lipinski definition) is 0. The van der Waals surface area contributed by atoms with E-state index in [-0.39, 0.29) is 0 Å². The highest BCUT2D eigenvalue weighted by atomic mass is 79.9. The summed E-state index contributed by atoms with van der Waals surface area (Å²) < 4.78 is 0.936. The van der Waals surface area contributed by atoms with Gasteiger partial charge in [-0.15, -0.1) is 0 Å². The number of unbranched alkanes of at least 4 members (excludes halogenated alkanes) is 1. The van der Waals surface area contributed by atoms with Gasteiger partial charge in [-0.05, 0) is 74.6 Å². The minimum absolute atomic E-state index is 0.596. The van der Waals surface area contributed by atoms with Crippen LogP contribution in [0.1, 0.15) is 44.9 Å². The molecule has 0 aliphatic heterocycles. The van der Waals surface area contributed by atoms with E-state index in [0.29, 0.717) is 6.04 Å². The second-order valence-electron chi connectivity index (χ2n) is 6.79. The molecule has 0 aromatic carbocycles. The van der Waals surface area contributed by atoms with Crippen LogP contribution in [0.5, 0.6) is 0 Å². The maximum Gasteiger partial charge on any atom is 0.225 e. The SMILES string of the molecule is CN(C)CCCCC1CCC(N(C)c2ncc(Br)cn2)CC1. The van der Waals surface area contributed by atoms with Gasteiger partial charge in [0.25, 0.3) is 0 Å². The van der Waals surface area contributed by atoms with Crippen LogP contribution in [0.3, 0.4) is 0 Å². The van der Waals surface area contributed by atoms with Gasteiger partial charge in [0.1, 0.15) is 0 Å². The molecule has 0 atom stereocenters. The molecule has 0 unspecified atom stereocenters. The number of nitrogens with zero attached hydrogens (tertiary/aromatic N) is 4. The third-order valence-corrected chi connectivity index (χ3v) is 5.16. The molecule has 124 valence electrons. The highest BCUT2D eigenvalue weighted by molar-refractivity contribution is 9.10. The summed E-state index contributed by atoms with van der Waals surface area (Å²) in [5, 5.41) is 0. The molecule has 1 aliphatic carbocycles. The van der Waals surface area contributed by atoms with E-state index in [1.807, 2.05) is 12.4 Å². The standard InChI is InChI=1S/C17H29BrN4/c1-21(2)11-5-4-6-14-7-9-16(10-8-14)22(3)17-19-12-15(18)13-20-17/h12-14,16H,4-11H2,1-3H3. The number of aromatic nitrogens is 2. The first-order valence-electron chi connectivity index (χ1n) is 8.41. The average Bonchev–Trinajstić information content (AvgIpc) is 2.52. The summed E-state index contributed by atoms with van der Waals surface area (Å²) in [5.74, 6) is 1.77. The van der Waals surface area contributed by atoms with E-state index >= 15 is 0 Å². The third-order valence-electron chi connectivity index (χ3n) is 4.75. The maximum absolute atomic E-state index is 4.41. The number of rotatable bonds is 7. The lowest BCUT2D eigenvalue weighted by Gasteiger charge is -2.34. The van der Waals surface area contributed by atoms with Crippen LogP contribution in [0, 0.1) is 5.92 Å². The van der Waals surface area contributed by atoms with Gasteiger partial charge >= 0.3 is 0 Å². The van der Waals surface area contributed by atoms with Crippen molar-refractivity contribution < 1.29 is 0 Å². The minimum atomic E-state index is 0.596. The van der Waals surface area contributed by atoms with Crippen molar-refractivity contribution in [3.05, 3.63) is 16.9 Å². The van der Waals surface area contributed by atoms with Crippen LogP contribution < -0.4 is 4.90 Å². The van der Waals surface area contributed by atoms with E-state index in [1.165, 1.54) is 51.5 Å². The molecule has 22 heavy (non-hydrogen) atoms. The van der Waals surface area contributed by atoms with Crippen LogP contribution in [-0.4, -0.2) is 48.6 Å². The summed E-state index contributed by atoms with van der Waals surface area (Å²) in [6, 6.07) is 0.596. The predicted molar refractivity (Wildman–Crippen MR) is 96.3 cm³/mol. The van der Waals surface area contributed by atoms with Gasteiger partial charge in [0, 0.05) is 25.5 Å². The van der Waals surface area contributed by atoms with Crippen molar-refractivity contribution >= 4 is 21.9 Å². The Labute approximate surface area is 143 Å². The largest absolute Gasteiger partial charge is 0.341 e. The Morgan fingerprint density at radius 3 is 2.27 bits per heavy atom. The van der Waals surface area contributed by atoms with Gasteiger partial charge in [-0.3, -0.25) is 0 Å². The molecule has 5 heteroatoms. The van der Waals surface area contributed by atoms with E-state index in [4.69, 9.17) is 0 Å². The summed E-state index contributed by atoms with van der Waals surface area (Å²) in [4.78, 5) is 13.4. The molecule has 1 aromatic heterocycles. The monoisotopic (exact) mass is 368 g/mol. The molecule has 1 fully saturated rings. The molecule has 0 saturated heterocycles. The molecule has 0 radical (unpaired) electrons. The molecule has 1 aromatic rings. The van der Waals surface area contributed by atoms with E-state index in [1.54, 1.807) is 0 Å². The second-order valence-corrected chi connectivity index (χ2v) is 7.70. The minimum Gasteiger partial charge on any atom is -0.341 e. The Kier molecular flexibility index (Phi) is 7.09. The molecule has 0 spiro atoms. The smallest absolute Gasteiger partial charge is 0.225 e. The maximum atomic E-state index is 4.41. The van der Waals surface area contributed by atoms with Crippen LogP contribution >= 0.6 is 15.9 Å². The predicted octanol–water partition coefficient (Wildman–Crippen LogP) is 3.97. The molecule has 2 rings (SSSR count). The van der Waals surface area contributed by atoms with Crippen molar-refractivity contribution in [3.63, 3.8) is 0 Å². The molecule has 0 amide bonds. The Bertz CT molecular complexity index is 427. The number of anilines is 1. The molecular weight excluding hydrogens is 340 g/mol. The van der Waals surface area contributed by atoms with E-state index in [9.17, 15) is 0 Å². The molecule has 0 bridgehead atoms. The summed E-state index contributed by atoms with van der Waals surface area (Å²) in [6.45, 7) is 1.22. The van der Waals surface area contributed by atoms with Crippen molar-refractivity contribution in [2.75, 3.05) is 32.6 Å². The van der Waals surface area contributed by atoms with E-state index < -0.39 is 0 Å². The first-order chi connectivity index (χ1) is 10.6. The second kappa shape index (κ2) is 8.82. The van der Waals surface area contributed by atoms with Gasteiger partial charge in [-0.25, -0.2) is 9.97 Å². The fraction of sp³-hybridized carbons (Fsp3) is 0.765. The molecule has 0 N–H and O–H groups in total. The van der Waals surface area contributed by atoms with Crippen molar-refractivity contribution in [3.8, 4) is 0 Å². The topological polar surface area (TPSA) is 32.3 Å². The zero-order valence-electron chi connectivity index (χ0n) is 14.1. The fourth-order valence-corrected chi connectivity index (χ4v) is 3.54. The molecule has 1 aliphatic rings. The first-order valence-corrected chi connectivity index (χ1v) is 9.20. The summed E-state index contributed by atoms with van der Waals surface area (Å²) in [7, 11) is 6.45. The Balaban J connectivity index is 1.71. The van der Waals surface area contributed by atoms with Gasteiger partial charge in [0.2, 0.25) is 5.95 Å². The molecule has 4 nitrogen and oxygen atoms in total. The fourth-order valence-electron chi connectivity index (χ4n) is 3.33. The van der Waals surface area contributed by atoms with Crippen molar-refractivity contribution in [2.45, 2.75) is 51.0 Å². The lowest BCUT2D eigenvalue weighted by Crippen LogP contribution is -2.36. The molecule has 1 saturated carbocycles. The normalized spacial score (nSPS) is 22.0.